The molecule has 0 bridgehead atoms. The summed E-state index contributed by atoms with van der Waals surface area (Å²) in [4.78, 5) is 2.47. The van der Waals surface area contributed by atoms with Crippen LogP contribution >= 0.6 is 0 Å². The number of nitrogen functional groups attached to an aromatic ring is 1. The van der Waals surface area contributed by atoms with Gasteiger partial charge in [-0.3, -0.25) is 4.90 Å². The van der Waals surface area contributed by atoms with E-state index in [1.54, 1.807) is 13.2 Å². The number of hydrogen-bond acceptors (Lipinski definition) is 5. The SMILES string of the molecule is COc1ccc(-c2cc(N)no2)cc1CN1CCCCC1. The van der Waals surface area contributed by atoms with Crippen LogP contribution in [0.3, 0.4) is 0 Å². The second-order valence-electron chi connectivity index (χ2n) is 5.48. The molecule has 1 saturated heterocycles. The number of ether oxygens (including phenoxy) is 1. The van der Waals surface area contributed by atoms with Crippen molar-refractivity contribution in [3.05, 3.63) is 29.8 Å². The number of benzene rings is 1. The molecule has 0 atom stereocenters. The first-order valence-electron chi connectivity index (χ1n) is 7.38. The average Bonchev–Trinajstić information content (AvgIpc) is 2.95. The second kappa shape index (κ2) is 6.18. The summed E-state index contributed by atoms with van der Waals surface area (Å²) >= 11 is 0. The van der Waals surface area contributed by atoms with Crippen LogP contribution in [-0.4, -0.2) is 30.3 Å². The Hall–Kier alpha value is -2.01. The minimum absolute atomic E-state index is 0.401. The van der Waals surface area contributed by atoms with Crippen LogP contribution < -0.4 is 10.5 Å². The number of nitrogens with two attached hydrogens (primary N) is 1. The molecule has 112 valence electrons. The van der Waals surface area contributed by atoms with Gasteiger partial charge in [0.25, 0.3) is 0 Å². The standard InChI is InChI=1S/C16H21N3O2/c1-20-14-6-5-12(15-10-16(17)18-21-15)9-13(14)11-19-7-3-2-4-8-19/h5-6,9-10H,2-4,7-8,11H2,1H3,(H2,17,18). The molecular weight excluding hydrogens is 266 g/mol. The van der Waals surface area contributed by atoms with Crippen molar-refractivity contribution >= 4 is 5.82 Å². The van der Waals surface area contributed by atoms with Gasteiger partial charge in [0.15, 0.2) is 11.6 Å². The molecule has 5 nitrogen and oxygen atoms in total. The van der Waals surface area contributed by atoms with E-state index >= 15 is 0 Å². The van der Waals surface area contributed by atoms with Gasteiger partial charge in [0.2, 0.25) is 0 Å². The molecule has 21 heavy (non-hydrogen) atoms. The van der Waals surface area contributed by atoms with E-state index < -0.39 is 0 Å². The summed E-state index contributed by atoms with van der Waals surface area (Å²) in [5.74, 6) is 2.00. The maximum absolute atomic E-state index is 5.62. The Labute approximate surface area is 124 Å². The zero-order valence-corrected chi connectivity index (χ0v) is 12.3. The predicted molar refractivity (Wildman–Crippen MR) is 82.0 cm³/mol. The largest absolute Gasteiger partial charge is 0.496 e. The quantitative estimate of drug-likeness (QED) is 0.936. The third-order valence-corrected chi connectivity index (χ3v) is 3.94. The third kappa shape index (κ3) is 3.19. The van der Waals surface area contributed by atoms with E-state index in [0.717, 1.165) is 30.9 Å². The third-order valence-electron chi connectivity index (χ3n) is 3.94. The first-order valence-corrected chi connectivity index (χ1v) is 7.38. The summed E-state index contributed by atoms with van der Waals surface area (Å²) in [6, 6.07) is 7.80. The molecule has 1 aromatic heterocycles. The molecular formula is C16H21N3O2. The first-order chi connectivity index (χ1) is 10.3. The lowest BCUT2D eigenvalue weighted by atomic mass is 10.1. The van der Waals surface area contributed by atoms with Gasteiger partial charge in [0, 0.05) is 23.7 Å². The Bertz CT molecular complexity index is 603. The molecule has 1 fully saturated rings. The molecule has 1 aromatic carbocycles. The van der Waals surface area contributed by atoms with Gasteiger partial charge >= 0.3 is 0 Å². The van der Waals surface area contributed by atoms with Crippen molar-refractivity contribution in [3.8, 4) is 17.1 Å². The fraction of sp³-hybridized carbons (Fsp3) is 0.438. The molecule has 0 aliphatic carbocycles. The molecule has 0 unspecified atom stereocenters. The number of hydrogen-bond donors (Lipinski definition) is 1. The lowest BCUT2D eigenvalue weighted by Crippen LogP contribution is -2.29. The van der Waals surface area contributed by atoms with E-state index in [2.05, 4.69) is 16.1 Å². The molecule has 2 aromatic rings. The molecule has 0 radical (unpaired) electrons. The zero-order valence-electron chi connectivity index (χ0n) is 12.3. The van der Waals surface area contributed by atoms with Crippen molar-refractivity contribution in [2.75, 3.05) is 25.9 Å². The number of anilines is 1. The molecule has 3 rings (SSSR count). The van der Waals surface area contributed by atoms with Crippen LogP contribution in [0.4, 0.5) is 5.82 Å². The normalized spacial score (nSPS) is 16.0. The summed E-state index contributed by atoms with van der Waals surface area (Å²) in [5, 5.41) is 3.74. The molecule has 2 N–H and O–H groups in total. The van der Waals surface area contributed by atoms with E-state index in [9.17, 15) is 0 Å². The summed E-state index contributed by atoms with van der Waals surface area (Å²) < 4.78 is 10.7. The van der Waals surface area contributed by atoms with E-state index in [1.807, 2.05) is 12.1 Å². The van der Waals surface area contributed by atoms with Gasteiger partial charge in [-0.25, -0.2) is 0 Å². The van der Waals surface area contributed by atoms with Crippen LogP contribution in [0, 0.1) is 0 Å². The first kappa shape index (κ1) is 13.9. The highest BCUT2D eigenvalue weighted by Gasteiger charge is 2.15. The molecule has 2 heterocycles. The molecule has 1 aliphatic rings. The van der Waals surface area contributed by atoms with Gasteiger partial charge in [0.05, 0.1) is 7.11 Å². The van der Waals surface area contributed by atoms with Crippen LogP contribution in [-0.2, 0) is 6.54 Å². The summed E-state index contributed by atoms with van der Waals surface area (Å²) in [6.45, 7) is 3.21. The number of rotatable bonds is 4. The fourth-order valence-electron chi connectivity index (χ4n) is 2.84. The molecule has 0 amide bonds. The van der Waals surface area contributed by atoms with Gasteiger partial charge in [-0.2, -0.15) is 0 Å². The Morgan fingerprint density at radius 3 is 2.71 bits per heavy atom. The zero-order chi connectivity index (χ0) is 14.7. The summed E-state index contributed by atoms with van der Waals surface area (Å²) in [7, 11) is 1.71. The van der Waals surface area contributed by atoms with Crippen molar-refractivity contribution in [2.45, 2.75) is 25.8 Å². The molecule has 5 heteroatoms. The van der Waals surface area contributed by atoms with Gasteiger partial charge < -0.3 is 15.0 Å². The molecule has 0 spiro atoms. The minimum Gasteiger partial charge on any atom is -0.496 e. The maximum atomic E-state index is 5.62. The van der Waals surface area contributed by atoms with E-state index in [0.29, 0.717) is 11.6 Å². The lowest BCUT2D eigenvalue weighted by Gasteiger charge is -2.27. The van der Waals surface area contributed by atoms with Crippen molar-refractivity contribution in [3.63, 3.8) is 0 Å². The Morgan fingerprint density at radius 2 is 2.05 bits per heavy atom. The van der Waals surface area contributed by atoms with Crippen LogP contribution in [0.15, 0.2) is 28.8 Å². The van der Waals surface area contributed by atoms with E-state index in [4.69, 9.17) is 15.0 Å². The predicted octanol–water partition coefficient (Wildman–Crippen LogP) is 2.92. The lowest BCUT2D eigenvalue weighted by molar-refractivity contribution is 0.218. The van der Waals surface area contributed by atoms with E-state index in [1.165, 1.54) is 24.8 Å². The number of piperidine rings is 1. The smallest absolute Gasteiger partial charge is 0.169 e. The van der Waals surface area contributed by atoms with Crippen molar-refractivity contribution in [1.29, 1.82) is 0 Å². The number of likely N-dealkylation sites (tertiary alicyclic amines) is 1. The van der Waals surface area contributed by atoms with Crippen molar-refractivity contribution in [1.82, 2.24) is 10.1 Å². The van der Waals surface area contributed by atoms with Gasteiger partial charge in [-0.05, 0) is 44.1 Å². The number of methoxy groups -OCH3 is 1. The highest BCUT2D eigenvalue weighted by atomic mass is 16.5. The Kier molecular flexibility index (Phi) is 4.10. The molecule has 1 aliphatic heterocycles. The summed E-state index contributed by atoms with van der Waals surface area (Å²) in [5.41, 5.74) is 7.77. The maximum Gasteiger partial charge on any atom is 0.169 e. The fourth-order valence-corrected chi connectivity index (χ4v) is 2.84. The Morgan fingerprint density at radius 1 is 1.24 bits per heavy atom. The van der Waals surface area contributed by atoms with Crippen LogP contribution in [0.5, 0.6) is 5.75 Å². The Balaban J connectivity index is 1.86. The van der Waals surface area contributed by atoms with Gasteiger partial charge in [-0.15, -0.1) is 0 Å². The average molecular weight is 287 g/mol. The number of aromatic nitrogens is 1. The molecule has 0 saturated carbocycles. The summed E-state index contributed by atoms with van der Waals surface area (Å²) in [6.07, 6.45) is 3.90. The highest BCUT2D eigenvalue weighted by Crippen LogP contribution is 2.29. The second-order valence-corrected chi connectivity index (χ2v) is 5.48. The van der Waals surface area contributed by atoms with Gasteiger partial charge in [-0.1, -0.05) is 11.6 Å². The monoisotopic (exact) mass is 287 g/mol. The van der Waals surface area contributed by atoms with Crippen LogP contribution in [0.2, 0.25) is 0 Å². The van der Waals surface area contributed by atoms with Gasteiger partial charge in [0.1, 0.15) is 5.75 Å². The highest BCUT2D eigenvalue weighted by molar-refractivity contribution is 5.62. The van der Waals surface area contributed by atoms with E-state index in [-0.39, 0.29) is 0 Å². The van der Waals surface area contributed by atoms with Crippen LogP contribution in [0.25, 0.3) is 11.3 Å². The number of nitrogens with zero attached hydrogens (tertiary/aromatic N) is 2. The van der Waals surface area contributed by atoms with Crippen molar-refractivity contribution < 1.29 is 9.26 Å². The van der Waals surface area contributed by atoms with Crippen molar-refractivity contribution in [2.24, 2.45) is 0 Å². The topological polar surface area (TPSA) is 64.5 Å². The minimum atomic E-state index is 0.401. The van der Waals surface area contributed by atoms with Crippen LogP contribution in [0.1, 0.15) is 24.8 Å².